The molecule has 0 unspecified atom stereocenters. The van der Waals surface area contributed by atoms with Crippen LogP contribution in [0, 0.1) is 0 Å². The van der Waals surface area contributed by atoms with Gasteiger partial charge in [-0.2, -0.15) is 0 Å². The first-order valence-electron chi connectivity index (χ1n) is 7.49. The number of hydrogen-bond acceptors (Lipinski definition) is 1. The van der Waals surface area contributed by atoms with Gasteiger partial charge in [-0.1, -0.05) is 65.2 Å². The maximum absolute atomic E-state index is 2.50. The predicted octanol–water partition coefficient (Wildman–Crippen LogP) is 4.86. The molecule has 0 aromatic carbocycles. The molecule has 0 aliphatic rings. The van der Waals surface area contributed by atoms with Crippen LogP contribution in [0.3, 0.4) is 0 Å². The van der Waals surface area contributed by atoms with Gasteiger partial charge in [0.05, 0.1) is 0 Å². The van der Waals surface area contributed by atoms with Crippen LogP contribution in [0.25, 0.3) is 0 Å². The van der Waals surface area contributed by atoms with Crippen molar-refractivity contribution in [2.24, 2.45) is 0 Å². The second-order valence-corrected chi connectivity index (χ2v) is 5.13. The molecule has 0 atom stereocenters. The van der Waals surface area contributed by atoms with E-state index in [4.69, 9.17) is 0 Å². The Labute approximate surface area is 104 Å². The minimum absolute atomic E-state index is 1.30. The standard InChI is InChI=1S/C15H33N/c1-4-6-8-9-10-11-13-15-16(3)14-12-7-5-2/h4-15H2,1-3H3. The van der Waals surface area contributed by atoms with E-state index >= 15 is 0 Å². The third kappa shape index (κ3) is 12.0. The zero-order chi connectivity index (χ0) is 12.1. The van der Waals surface area contributed by atoms with E-state index < -0.39 is 0 Å². The van der Waals surface area contributed by atoms with E-state index in [9.17, 15) is 0 Å². The van der Waals surface area contributed by atoms with Crippen molar-refractivity contribution in [1.29, 1.82) is 0 Å². The van der Waals surface area contributed by atoms with E-state index in [1.165, 1.54) is 77.3 Å². The summed E-state index contributed by atoms with van der Waals surface area (Å²) in [4.78, 5) is 2.50. The summed E-state index contributed by atoms with van der Waals surface area (Å²) in [5, 5.41) is 0. The first-order valence-corrected chi connectivity index (χ1v) is 7.49. The van der Waals surface area contributed by atoms with Crippen LogP contribution in [0.1, 0.15) is 78.1 Å². The topological polar surface area (TPSA) is 3.24 Å². The highest BCUT2D eigenvalue weighted by atomic mass is 15.1. The highest BCUT2D eigenvalue weighted by molar-refractivity contribution is 4.53. The highest BCUT2D eigenvalue weighted by Gasteiger charge is 1.97. The molecule has 16 heavy (non-hydrogen) atoms. The zero-order valence-corrected chi connectivity index (χ0v) is 11.9. The summed E-state index contributed by atoms with van der Waals surface area (Å²) in [6.45, 7) is 7.16. The summed E-state index contributed by atoms with van der Waals surface area (Å²) >= 11 is 0. The molecule has 0 heterocycles. The molecule has 0 bridgehead atoms. The smallest absolute Gasteiger partial charge is 0.00218 e. The van der Waals surface area contributed by atoms with Crippen molar-refractivity contribution in [2.75, 3.05) is 20.1 Å². The van der Waals surface area contributed by atoms with Gasteiger partial charge >= 0.3 is 0 Å². The van der Waals surface area contributed by atoms with Crippen molar-refractivity contribution in [3.05, 3.63) is 0 Å². The monoisotopic (exact) mass is 227 g/mol. The Morgan fingerprint density at radius 3 is 1.50 bits per heavy atom. The molecule has 98 valence electrons. The first kappa shape index (κ1) is 16.0. The number of nitrogens with zero attached hydrogens (tertiary/aromatic N) is 1. The average Bonchev–Trinajstić information content (AvgIpc) is 2.28. The molecule has 0 radical (unpaired) electrons. The summed E-state index contributed by atoms with van der Waals surface area (Å²) in [7, 11) is 2.27. The molecular formula is C15H33N. The van der Waals surface area contributed by atoms with Crippen LogP contribution in [0.15, 0.2) is 0 Å². The molecule has 0 N–H and O–H groups in total. The Morgan fingerprint density at radius 2 is 0.938 bits per heavy atom. The van der Waals surface area contributed by atoms with E-state index in [-0.39, 0.29) is 0 Å². The highest BCUT2D eigenvalue weighted by Crippen LogP contribution is 2.07. The van der Waals surface area contributed by atoms with Gasteiger partial charge in [0.15, 0.2) is 0 Å². The summed E-state index contributed by atoms with van der Waals surface area (Å²) in [5.41, 5.74) is 0. The van der Waals surface area contributed by atoms with Crippen molar-refractivity contribution in [1.82, 2.24) is 4.90 Å². The van der Waals surface area contributed by atoms with Gasteiger partial charge in [0, 0.05) is 0 Å². The largest absolute Gasteiger partial charge is 0.306 e. The van der Waals surface area contributed by atoms with Crippen molar-refractivity contribution in [3.8, 4) is 0 Å². The molecule has 0 fully saturated rings. The van der Waals surface area contributed by atoms with Crippen LogP contribution < -0.4 is 0 Å². The summed E-state index contributed by atoms with van der Waals surface area (Å²) in [6.07, 6.45) is 14.1. The summed E-state index contributed by atoms with van der Waals surface area (Å²) in [6, 6.07) is 0. The van der Waals surface area contributed by atoms with Gasteiger partial charge in [-0.05, 0) is 33.0 Å². The van der Waals surface area contributed by atoms with Gasteiger partial charge in [0.25, 0.3) is 0 Å². The fourth-order valence-electron chi connectivity index (χ4n) is 2.08. The molecule has 0 saturated carbocycles. The first-order chi connectivity index (χ1) is 7.81. The Kier molecular flexibility index (Phi) is 13.0. The van der Waals surface area contributed by atoms with Crippen LogP contribution in [-0.2, 0) is 0 Å². The minimum atomic E-state index is 1.30. The Bertz CT molecular complexity index is 123. The predicted molar refractivity (Wildman–Crippen MR) is 75.0 cm³/mol. The SMILES string of the molecule is CCCCCCCCCN(C)CCCCC. The van der Waals surface area contributed by atoms with Crippen molar-refractivity contribution >= 4 is 0 Å². The molecular weight excluding hydrogens is 194 g/mol. The normalized spacial score (nSPS) is 11.2. The van der Waals surface area contributed by atoms with Crippen LogP contribution in [0.5, 0.6) is 0 Å². The number of unbranched alkanes of at least 4 members (excludes halogenated alkanes) is 8. The lowest BCUT2D eigenvalue weighted by atomic mass is 10.1. The van der Waals surface area contributed by atoms with Gasteiger partial charge < -0.3 is 4.90 Å². The maximum atomic E-state index is 2.50. The van der Waals surface area contributed by atoms with E-state index in [0.717, 1.165) is 0 Å². The lowest BCUT2D eigenvalue weighted by Crippen LogP contribution is -2.20. The minimum Gasteiger partial charge on any atom is -0.306 e. The van der Waals surface area contributed by atoms with E-state index in [0.29, 0.717) is 0 Å². The molecule has 0 aromatic rings. The molecule has 1 heteroatoms. The fourth-order valence-corrected chi connectivity index (χ4v) is 2.08. The van der Waals surface area contributed by atoms with Crippen molar-refractivity contribution in [2.45, 2.75) is 78.1 Å². The van der Waals surface area contributed by atoms with Crippen LogP contribution in [0.2, 0.25) is 0 Å². The van der Waals surface area contributed by atoms with Gasteiger partial charge in [-0.3, -0.25) is 0 Å². The molecule has 0 rings (SSSR count). The van der Waals surface area contributed by atoms with E-state index in [1.807, 2.05) is 0 Å². The van der Waals surface area contributed by atoms with Crippen LogP contribution >= 0.6 is 0 Å². The maximum Gasteiger partial charge on any atom is -0.00218 e. The number of rotatable bonds is 12. The third-order valence-corrected chi connectivity index (χ3v) is 3.29. The van der Waals surface area contributed by atoms with Gasteiger partial charge in [0.2, 0.25) is 0 Å². The lowest BCUT2D eigenvalue weighted by Gasteiger charge is -2.15. The number of hydrogen-bond donors (Lipinski definition) is 0. The molecule has 0 saturated heterocycles. The quantitative estimate of drug-likeness (QED) is 0.430. The van der Waals surface area contributed by atoms with Gasteiger partial charge in [-0.15, -0.1) is 0 Å². The van der Waals surface area contributed by atoms with E-state index in [2.05, 4.69) is 25.8 Å². The Balaban J connectivity index is 3.06. The van der Waals surface area contributed by atoms with Gasteiger partial charge in [0.1, 0.15) is 0 Å². The fraction of sp³-hybridized carbons (Fsp3) is 1.00. The molecule has 0 spiro atoms. The van der Waals surface area contributed by atoms with E-state index in [1.54, 1.807) is 0 Å². The third-order valence-electron chi connectivity index (χ3n) is 3.29. The average molecular weight is 227 g/mol. The Hall–Kier alpha value is -0.0400. The van der Waals surface area contributed by atoms with Crippen LogP contribution in [-0.4, -0.2) is 25.0 Å². The summed E-state index contributed by atoms with van der Waals surface area (Å²) in [5.74, 6) is 0. The molecule has 1 nitrogen and oxygen atoms in total. The van der Waals surface area contributed by atoms with Gasteiger partial charge in [-0.25, -0.2) is 0 Å². The van der Waals surface area contributed by atoms with Crippen molar-refractivity contribution < 1.29 is 0 Å². The van der Waals surface area contributed by atoms with Crippen LogP contribution in [0.4, 0.5) is 0 Å². The summed E-state index contributed by atoms with van der Waals surface area (Å²) < 4.78 is 0. The van der Waals surface area contributed by atoms with Crippen molar-refractivity contribution in [3.63, 3.8) is 0 Å². The second-order valence-electron chi connectivity index (χ2n) is 5.13. The molecule has 0 amide bonds. The lowest BCUT2D eigenvalue weighted by molar-refractivity contribution is 0.316. The molecule has 0 aliphatic heterocycles. The Morgan fingerprint density at radius 1 is 0.562 bits per heavy atom. The molecule has 0 aliphatic carbocycles. The zero-order valence-electron chi connectivity index (χ0n) is 11.9. The second kappa shape index (κ2) is 13.0. The molecule has 0 aromatic heterocycles.